The Hall–Kier alpha value is -3.13. The Balaban J connectivity index is 1.92. The summed E-state index contributed by atoms with van der Waals surface area (Å²) >= 11 is 0. The fourth-order valence-corrected chi connectivity index (χ4v) is 2.44. The Kier molecular flexibility index (Phi) is 4.80. The average molecular weight is 341 g/mol. The predicted octanol–water partition coefficient (Wildman–Crippen LogP) is 1.97. The van der Waals surface area contributed by atoms with E-state index in [2.05, 4.69) is 15.6 Å². The van der Waals surface area contributed by atoms with Crippen LogP contribution in [-0.4, -0.2) is 34.0 Å². The van der Waals surface area contributed by atoms with Gasteiger partial charge in [0.25, 0.3) is 5.91 Å². The summed E-state index contributed by atoms with van der Waals surface area (Å²) in [5.41, 5.74) is 8.47. The van der Waals surface area contributed by atoms with Crippen LogP contribution in [0.1, 0.15) is 16.1 Å². The lowest BCUT2D eigenvalue weighted by molar-refractivity contribution is 0.0987. The lowest BCUT2D eigenvalue weighted by Gasteiger charge is -2.13. The van der Waals surface area contributed by atoms with E-state index in [4.69, 9.17) is 15.0 Å². The van der Waals surface area contributed by atoms with Crippen LogP contribution in [0.15, 0.2) is 41.2 Å². The largest absolute Gasteiger partial charge is 0.492 e. The number of carbonyl (C=O) groups excluding carboxylic acids is 1. The molecule has 2 aromatic heterocycles. The zero-order valence-corrected chi connectivity index (χ0v) is 14.0. The fraction of sp³-hybridized carbons (Fsp3) is 0.235. The molecule has 8 nitrogen and oxygen atoms in total. The van der Waals surface area contributed by atoms with Crippen molar-refractivity contribution in [2.24, 2.45) is 12.8 Å². The number of anilines is 1. The van der Waals surface area contributed by atoms with Crippen LogP contribution in [0, 0.1) is 6.92 Å². The first-order chi connectivity index (χ1) is 12.1. The van der Waals surface area contributed by atoms with E-state index in [1.54, 1.807) is 29.9 Å². The minimum absolute atomic E-state index is 0.186. The van der Waals surface area contributed by atoms with Gasteiger partial charge in [-0.2, -0.15) is 5.10 Å². The van der Waals surface area contributed by atoms with Crippen molar-refractivity contribution in [3.63, 3.8) is 0 Å². The number of aromatic nitrogens is 3. The Morgan fingerprint density at radius 3 is 2.88 bits per heavy atom. The zero-order valence-electron chi connectivity index (χ0n) is 14.0. The average Bonchev–Trinajstić information content (AvgIpc) is 3.21. The number of hydrogen-bond acceptors (Lipinski definition) is 6. The second kappa shape index (κ2) is 7.18. The van der Waals surface area contributed by atoms with Gasteiger partial charge in [0.15, 0.2) is 0 Å². The smallest absolute Gasteiger partial charge is 0.294 e. The van der Waals surface area contributed by atoms with Crippen molar-refractivity contribution in [2.75, 3.05) is 18.5 Å². The summed E-state index contributed by atoms with van der Waals surface area (Å²) in [7, 11) is 1.84. The first-order valence-corrected chi connectivity index (χ1v) is 7.78. The number of rotatable bonds is 6. The van der Waals surface area contributed by atoms with E-state index in [9.17, 15) is 4.79 Å². The van der Waals surface area contributed by atoms with Gasteiger partial charge in [-0.3, -0.25) is 9.48 Å². The van der Waals surface area contributed by atoms with Gasteiger partial charge in [0.2, 0.25) is 5.76 Å². The first-order valence-electron chi connectivity index (χ1n) is 7.78. The molecule has 0 atom stereocenters. The van der Waals surface area contributed by atoms with E-state index in [0.717, 1.165) is 11.3 Å². The monoisotopic (exact) mass is 341 g/mol. The zero-order chi connectivity index (χ0) is 17.8. The van der Waals surface area contributed by atoms with Crippen molar-refractivity contribution in [1.82, 2.24) is 14.9 Å². The van der Waals surface area contributed by atoms with Gasteiger partial charge in [0.05, 0.1) is 11.9 Å². The number of carbonyl (C=O) groups is 1. The molecule has 3 N–H and O–H groups in total. The summed E-state index contributed by atoms with van der Waals surface area (Å²) in [6.07, 6.45) is 3.20. The second-order valence-corrected chi connectivity index (χ2v) is 5.48. The van der Waals surface area contributed by atoms with E-state index in [0.29, 0.717) is 30.2 Å². The van der Waals surface area contributed by atoms with Crippen molar-refractivity contribution in [3.8, 4) is 17.0 Å². The molecule has 0 aliphatic carbocycles. The highest BCUT2D eigenvalue weighted by Gasteiger charge is 2.16. The second-order valence-electron chi connectivity index (χ2n) is 5.48. The van der Waals surface area contributed by atoms with E-state index in [1.165, 1.54) is 6.20 Å². The minimum atomic E-state index is -0.360. The van der Waals surface area contributed by atoms with Crippen LogP contribution in [-0.2, 0) is 7.05 Å². The molecule has 0 aliphatic rings. The highest BCUT2D eigenvalue weighted by atomic mass is 16.5. The molecule has 1 amide bonds. The molecule has 0 saturated carbocycles. The summed E-state index contributed by atoms with van der Waals surface area (Å²) in [5.74, 6) is 0.495. The number of amides is 1. The number of nitrogens with zero attached hydrogens (tertiary/aromatic N) is 3. The molecule has 3 aromatic rings. The summed E-state index contributed by atoms with van der Waals surface area (Å²) in [5, 5.41) is 10.6. The van der Waals surface area contributed by atoms with E-state index in [1.807, 2.05) is 19.2 Å². The molecule has 25 heavy (non-hydrogen) atoms. The predicted molar refractivity (Wildman–Crippen MR) is 92.4 cm³/mol. The van der Waals surface area contributed by atoms with Crippen molar-refractivity contribution in [3.05, 3.63) is 48.0 Å². The van der Waals surface area contributed by atoms with Gasteiger partial charge in [0, 0.05) is 36.6 Å². The van der Waals surface area contributed by atoms with Gasteiger partial charge >= 0.3 is 0 Å². The van der Waals surface area contributed by atoms with Gasteiger partial charge in [-0.25, -0.2) is 0 Å². The summed E-state index contributed by atoms with van der Waals surface area (Å²) in [4.78, 5) is 12.3. The maximum atomic E-state index is 12.3. The van der Waals surface area contributed by atoms with Crippen molar-refractivity contribution in [2.45, 2.75) is 6.92 Å². The fourth-order valence-electron chi connectivity index (χ4n) is 2.44. The third kappa shape index (κ3) is 3.53. The van der Waals surface area contributed by atoms with E-state index in [-0.39, 0.29) is 11.7 Å². The molecule has 0 radical (unpaired) electrons. The summed E-state index contributed by atoms with van der Waals surface area (Å²) < 4.78 is 12.4. The van der Waals surface area contributed by atoms with Gasteiger partial charge in [-0.1, -0.05) is 5.16 Å². The topological polar surface area (TPSA) is 108 Å². The molecule has 8 heteroatoms. The molecule has 2 heterocycles. The first kappa shape index (κ1) is 16.7. The van der Waals surface area contributed by atoms with Gasteiger partial charge < -0.3 is 20.3 Å². The van der Waals surface area contributed by atoms with E-state index >= 15 is 0 Å². The molecule has 0 unspecified atom stereocenters. The van der Waals surface area contributed by atoms with Crippen LogP contribution in [0.3, 0.4) is 0 Å². The number of aryl methyl sites for hydroxylation is 2. The molecule has 1 aromatic carbocycles. The highest BCUT2D eigenvalue weighted by Crippen LogP contribution is 2.32. The van der Waals surface area contributed by atoms with Crippen LogP contribution in [0.2, 0.25) is 0 Å². The Morgan fingerprint density at radius 2 is 2.24 bits per heavy atom. The van der Waals surface area contributed by atoms with Crippen LogP contribution < -0.4 is 15.8 Å². The van der Waals surface area contributed by atoms with Crippen LogP contribution >= 0.6 is 0 Å². The number of benzene rings is 1. The normalized spacial score (nSPS) is 10.7. The highest BCUT2D eigenvalue weighted by molar-refractivity contribution is 6.03. The lowest BCUT2D eigenvalue weighted by Crippen LogP contribution is -2.13. The third-order valence-corrected chi connectivity index (χ3v) is 3.66. The quantitative estimate of drug-likeness (QED) is 0.709. The lowest BCUT2D eigenvalue weighted by atomic mass is 10.1. The molecule has 0 saturated heterocycles. The maximum absolute atomic E-state index is 12.3. The maximum Gasteiger partial charge on any atom is 0.294 e. The number of nitrogens with two attached hydrogens (primary N) is 1. The van der Waals surface area contributed by atoms with Crippen molar-refractivity contribution < 1.29 is 14.1 Å². The van der Waals surface area contributed by atoms with Gasteiger partial charge in [-0.15, -0.1) is 0 Å². The van der Waals surface area contributed by atoms with Crippen LogP contribution in [0.4, 0.5) is 5.69 Å². The molecule has 0 aliphatic heterocycles. The molecule has 130 valence electrons. The summed E-state index contributed by atoms with van der Waals surface area (Å²) in [6.45, 7) is 2.57. The van der Waals surface area contributed by atoms with Crippen molar-refractivity contribution >= 4 is 11.6 Å². The van der Waals surface area contributed by atoms with Gasteiger partial charge in [0.1, 0.15) is 12.4 Å². The van der Waals surface area contributed by atoms with Crippen LogP contribution in [0.25, 0.3) is 11.3 Å². The molecular formula is C17H19N5O3. The summed E-state index contributed by atoms with van der Waals surface area (Å²) in [6, 6.07) is 7.25. The van der Waals surface area contributed by atoms with Crippen molar-refractivity contribution in [1.29, 1.82) is 0 Å². The molecule has 0 fully saturated rings. The Labute approximate surface area is 144 Å². The minimum Gasteiger partial charge on any atom is -0.492 e. The van der Waals surface area contributed by atoms with Gasteiger partial charge in [-0.05, 0) is 31.2 Å². The molecule has 0 spiro atoms. The molecular weight excluding hydrogens is 322 g/mol. The standard InChI is InChI=1S/C17H19N5O3/c1-11-10-20-25-16(11)17(23)21-12-3-4-15(24-8-6-18)13(9-12)14-5-7-19-22(14)2/h3-5,7,9-10H,6,8,18H2,1-2H3,(H,21,23). The Bertz CT molecular complexity index is 884. The molecule has 3 rings (SSSR count). The molecule has 0 bridgehead atoms. The van der Waals surface area contributed by atoms with Crippen LogP contribution in [0.5, 0.6) is 5.75 Å². The van der Waals surface area contributed by atoms with E-state index < -0.39 is 0 Å². The number of ether oxygens (including phenoxy) is 1. The SMILES string of the molecule is Cc1cnoc1C(=O)Nc1ccc(OCCN)c(-c2ccnn2C)c1. The third-order valence-electron chi connectivity index (χ3n) is 3.66. The number of hydrogen-bond donors (Lipinski definition) is 2. The number of nitrogens with one attached hydrogen (secondary N) is 1. The Morgan fingerprint density at radius 1 is 1.40 bits per heavy atom.